The fourth-order valence-corrected chi connectivity index (χ4v) is 2.88. The van der Waals surface area contributed by atoms with Crippen LogP contribution in [0.3, 0.4) is 0 Å². The first-order chi connectivity index (χ1) is 12.9. The van der Waals surface area contributed by atoms with Gasteiger partial charge in [0.05, 0.1) is 6.54 Å². The molecule has 7 heteroatoms. The Bertz CT molecular complexity index is 924. The lowest BCUT2D eigenvalue weighted by Gasteiger charge is -2.16. The highest BCUT2D eigenvalue weighted by Gasteiger charge is 2.45. The summed E-state index contributed by atoms with van der Waals surface area (Å²) in [6.07, 6.45) is 0. The minimum atomic E-state index is -0.994. The van der Waals surface area contributed by atoms with Gasteiger partial charge in [-0.3, -0.25) is 19.3 Å². The van der Waals surface area contributed by atoms with E-state index in [9.17, 15) is 19.2 Å². The van der Waals surface area contributed by atoms with Crippen LogP contribution in [-0.2, 0) is 20.9 Å². The SMILES string of the molecule is Cc1ccc(NC(=O)CN2C(=O)C(=O)N(Cc3ccccc3)C2=O)c(C)c1. The molecule has 0 unspecified atom stereocenters. The van der Waals surface area contributed by atoms with Gasteiger partial charge >= 0.3 is 17.8 Å². The fraction of sp³-hybridized carbons (Fsp3) is 0.200. The lowest BCUT2D eigenvalue weighted by Crippen LogP contribution is -2.39. The Balaban J connectivity index is 1.69. The maximum Gasteiger partial charge on any atom is 0.335 e. The summed E-state index contributed by atoms with van der Waals surface area (Å²) in [5, 5.41) is 2.67. The summed E-state index contributed by atoms with van der Waals surface area (Å²) < 4.78 is 0. The second kappa shape index (κ2) is 7.41. The molecule has 7 nitrogen and oxygen atoms in total. The zero-order valence-corrected chi connectivity index (χ0v) is 15.1. The molecule has 3 rings (SSSR count). The monoisotopic (exact) mass is 365 g/mol. The number of nitrogens with one attached hydrogen (secondary N) is 1. The normalized spacial score (nSPS) is 14.1. The Morgan fingerprint density at radius 3 is 2.26 bits per heavy atom. The molecule has 0 aromatic heterocycles. The van der Waals surface area contributed by atoms with Crippen LogP contribution in [0, 0.1) is 13.8 Å². The van der Waals surface area contributed by atoms with Gasteiger partial charge in [0.2, 0.25) is 5.91 Å². The Morgan fingerprint density at radius 1 is 0.926 bits per heavy atom. The van der Waals surface area contributed by atoms with E-state index in [-0.39, 0.29) is 6.54 Å². The summed E-state index contributed by atoms with van der Waals surface area (Å²) in [5.41, 5.74) is 3.23. The largest absolute Gasteiger partial charge is 0.335 e. The first kappa shape index (κ1) is 18.3. The molecule has 1 saturated heterocycles. The van der Waals surface area contributed by atoms with Gasteiger partial charge in [0.1, 0.15) is 6.54 Å². The van der Waals surface area contributed by atoms with Gasteiger partial charge in [0.25, 0.3) is 0 Å². The molecule has 27 heavy (non-hydrogen) atoms. The predicted molar refractivity (Wildman–Crippen MR) is 98.6 cm³/mol. The summed E-state index contributed by atoms with van der Waals surface area (Å²) in [5.74, 6) is -2.46. The number of amides is 5. The quantitative estimate of drug-likeness (QED) is 0.650. The number of carbonyl (C=O) groups is 4. The number of anilines is 1. The van der Waals surface area contributed by atoms with Crippen LogP contribution in [0.5, 0.6) is 0 Å². The van der Waals surface area contributed by atoms with Gasteiger partial charge in [-0.15, -0.1) is 0 Å². The van der Waals surface area contributed by atoms with Crippen molar-refractivity contribution in [2.45, 2.75) is 20.4 Å². The van der Waals surface area contributed by atoms with Gasteiger partial charge in [-0.25, -0.2) is 9.69 Å². The van der Waals surface area contributed by atoms with Crippen LogP contribution < -0.4 is 5.32 Å². The highest BCUT2D eigenvalue weighted by Crippen LogP contribution is 2.18. The lowest BCUT2D eigenvalue weighted by molar-refractivity contribution is -0.143. The molecule has 0 aliphatic carbocycles. The third kappa shape index (κ3) is 3.87. The number of urea groups is 1. The summed E-state index contributed by atoms with van der Waals surface area (Å²) in [6.45, 7) is 3.26. The van der Waals surface area contributed by atoms with E-state index in [1.54, 1.807) is 30.3 Å². The third-order valence-electron chi connectivity index (χ3n) is 4.28. The van der Waals surface area contributed by atoms with Crippen LogP contribution in [0.4, 0.5) is 10.5 Å². The Morgan fingerprint density at radius 2 is 1.59 bits per heavy atom. The van der Waals surface area contributed by atoms with Crippen LogP contribution in [0.2, 0.25) is 0 Å². The number of carbonyl (C=O) groups excluding carboxylic acids is 4. The molecule has 1 fully saturated rings. The van der Waals surface area contributed by atoms with Crippen molar-refractivity contribution in [3.8, 4) is 0 Å². The first-order valence-electron chi connectivity index (χ1n) is 8.45. The van der Waals surface area contributed by atoms with Crippen LogP contribution in [0.25, 0.3) is 0 Å². The minimum Gasteiger partial charge on any atom is -0.324 e. The molecular formula is C20H19N3O4. The van der Waals surface area contributed by atoms with Gasteiger partial charge in [0, 0.05) is 5.69 Å². The summed E-state index contributed by atoms with van der Waals surface area (Å²) in [6, 6.07) is 13.6. The number of rotatable bonds is 5. The van der Waals surface area contributed by atoms with E-state index >= 15 is 0 Å². The van der Waals surface area contributed by atoms with E-state index < -0.39 is 30.3 Å². The molecule has 0 saturated carbocycles. The molecule has 2 aromatic carbocycles. The average molecular weight is 365 g/mol. The highest BCUT2D eigenvalue weighted by atomic mass is 16.2. The molecule has 1 aliphatic heterocycles. The Labute approximate surface area is 156 Å². The number of hydrogen-bond donors (Lipinski definition) is 1. The molecule has 0 atom stereocenters. The van der Waals surface area contributed by atoms with Crippen LogP contribution in [-0.4, -0.2) is 40.1 Å². The summed E-state index contributed by atoms with van der Waals surface area (Å²) in [7, 11) is 0. The summed E-state index contributed by atoms with van der Waals surface area (Å²) >= 11 is 0. The fourth-order valence-electron chi connectivity index (χ4n) is 2.88. The molecule has 138 valence electrons. The Kier molecular flexibility index (Phi) is 5.03. The van der Waals surface area contributed by atoms with E-state index in [4.69, 9.17) is 0 Å². The smallest absolute Gasteiger partial charge is 0.324 e. The van der Waals surface area contributed by atoms with E-state index in [0.29, 0.717) is 16.2 Å². The van der Waals surface area contributed by atoms with Crippen molar-refractivity contribution in [1.29, 1.82) is 0 Å². The van der Waals surface area contributed by atoms with Crippen LogP contribution in [0.1, 0.15) is 16.7 Å². The minimum absolute atomic E-state index is 0.0144. The van der Waals surface area contributed by atoms with Crippen molar-refractivity contribution in [2.75, 3.05) is 11.9 Å². The van der Waals surface area contributed by atoms with Crippen molar-refractivity contribution in [3.63, 3.8) is 0 Å². The number of benzene rings is 2. The van der Waals surface area contributed by atoms with Crippen LogP contribution in [0.15, 0.2) is 48.5 Å². The first-order valence-corrected chi connectivity index (χ1v) is 8.45. The van der Waals surface area contributed by atoms with Gasteiger partial charge in [-0.1, -0.05) is 48.0 Å². The van der Waals surface area contributed by atoms with Crippen molar-refractivity contribution in [1.82, 2.24) is 9.80 Å². The van der Waals surface area contributed by atoms with E-state index in [0.717, 1.165) is 16.0 Å². The van der Waals surface area contributed by atoms with Crippen LogP contribution >= 0.6 is 0 Å². The third-order valence-corrected chi connectivity index (χ3v) is 4.28. The lowest BCUT2D eigenvalue weighted by atomic mass is 10.1. The van der Waals surface area contributed by atoms with Crippen molar-refractivity contribution < 1.29 is 19.2 Å². The number of imide groups is 2. The van der Waals surface area contributed by atoms with Gasteiger partial charge in [-0.05, 0) is 31.0 Å². The molecular weight excluding hydrogens is 346 g/mol. The second-order valence-electron chi connectivity index (χ2n) is 6.42. The van der Waals surface area contributed by atoms with Crippen molar-refractivity contribution in [3.05, 3.63) is 65.2 Å². The molecule has 5 amide bonds. The topological polar surface area (TPSA) is 86.8 Å². The standard InChI is InChI=1S/C20H19N3O4/c1-13-8-9-16(14(2)10-13)21-17(24)12-23-19(26)18(25)22(20(23)27)11-15-6-4-3-5-7-15/h3-10H,11-12H2,1-2H3,(H,21,24). The maximum absolute atomic E-state index is 12.5. The highest BCUT2D eigenvalue weighted by molar-refractivity contribution is 6.45. The zero-order valence-electron chi connectivity index (χ0n) is 15.1. The molecule has 1 heterocycles. The molecule has 0 spiro atoms. The van der Waals surface area contributed by atoms with Gasteiger partial charge < -0.3 is 5.32 Å². The molecule has 1 aliphatic rings. The average Bonchev–Trinajstić information content (AvgIpc) is 2.83. The van der Waals surface area contributed by atoms with Crippen molar-refractivity contribution >= 4 is 29.4 Å². The zero-order chi connectivity index (χ0) is 19.6. The number of aryl methyl sites for hydroxylation is 2. The van der Waals surface area contributed by atoms with Gasteiger partial charge in [0.15, 0.2) is 0 Å². The molecule has 0 bridgehead atoms. The van der Waals surface area contributed by atoms with E-state index in [2.05, 4.69) is 5.32 Å². The molecule has 0 radical (unpaired) electrons. The van der Waals surface area contributed by atoms with E-state index in [1.807, 2.05) is 32.0 Å². The predicted octanol–water partition coefficient (Wildman–Crippen LogP) is 2.23. The van der Waals surface area contributed by atoms with Gasteiger partial charge in [-0.2, -0.15) is 0 Å². The molecule has 2 aromatic rings. The second-order valence-corrected chi connectivity index (χ2v) is 6.42. The maximum atomic E-state index is 12.5. The molecule has 1 N–H and O–H groups in total. The summed E-state index contributed by atoms with van der Waals surface area (Å²) in [4.78, 5) is 50.6. The van der Waals surface area contributed by atoms with Crippen molar-refractivity contribution in [2.24, 2.45) is 0 Å². The van der Waals surface area contributed by atoms with E-state index in [1.165, 1.54) is 0 Å². The number of hydrogen-bond acceptors (Lipinski definition) is 4. The Hall–Kier alpha value is -3.48. The number of nitrogens with zero attached hydrogens (tertiary/aromatic N) is 2.